The van der Waals surface area contributed by atoms with Gasteiger partial charge >= 0.3 is 0 Å². The van der Waals surface area contributed by atoms with Gasteiger partial charge in [-0.3, -0.25) is 4.99 Å². The van der Waals surface area contributed by atoms with Crippen molar-refractivity contribution in [1.82, 2.24) is 10.6 Å². The Hall–Kier alpha value is -1.53. The maximum absolute atomic E-state index is 6.06. The number of nitrogens with one attached hydrogen (secondary N) is 2. The van der Waals surface area contributed by atoms with Crippen LogP contribution in [0.15, 0.2) is 27.8 Å². The lowest BCUT2D eigenvalue weighted by Gasteiger charge is -2.63. The van der Waals surface area contributed by atoms with Gasteiger partial charge in [-0.2, -0.15) is 0 Å². The van der Waals surface area contributed by atoms with Crippen LogP contribution in [0.5, 0.6) is 0 Å². The van der Waals surface area contributed by atoms with E-state index >= 15 is 0 Å². The number of nitrogens with zero attached hydrogens (tertiary/aromatic N) is 1. The molecule has 1 aromatic rings. The van der Waals surface area contributed by atoms with Crippen molar-refractivity contribution in [3.8, 4) is 0 Å². The zero-order chi connectivity index (χ0) is 18.1. The molecule has 148 valence electrons. The molecular formula is C21H31N3O3. The van der Waals surface area contributed by atoms with Crippen molar-refractivity contribution in [3.63, 3.8) is 0 Å². The van der Waals surface area contributed by atoms with Gasteiger partial charge in [0, 0.05) is 43.6 Å². The summed E-state index contributed by atoms with van der Waals surface area (Å²) in [5.41, 5.74) is 0.356. The molecular weight excluding hydrogens is 342 g/mol. The normalized spacial score (nSPS) is 34.1. The monoisotopic (exact) mass is 373 g/mol. The van der Waals surface area contributed by atoms with E-state index in [0.717, 1.165) is 57.3 Å². The summed E-state index contributed by atoms with van der Waals surface area (Å²) in [6.45, 7) is 3.35. The average molecular weight is 373 g/mol. The highest BCUT2D eigenvalue weighted by Gasteiger charge is 2.66. The first-order valence-corrected chi connectivity index (χ1v) is 10.7. The van der Waals surface area contributed by atoms with Gasteiger partial charge in [-0.15, -0.1) is 0 Å². The Morgan fingerprint density at radius 3 is 2.89 bits per heavy atom. The first-order chi connectivity index (χ1) is 13.4. The minimum atomic E-state index is 0.273. The number of rotatable bonds is 6. The summed E-state index contributed by atoms with van der Waals surface area (Å²) in [7, 11) is 0. The third-order valence-corrected chi connectivity index (χ3v) is 7.05. The van der Waals surface area contributed by atoms with Gasteiger partial charge in [0.05, 0.1) is 25.0 Å². The minimum Gasteiger partial charge on any atom is -0.469 e. The zero-order valence-corrected chi connectivity index (χ0v) is 16.0. The molecule has 4 fully saturated rings. The van der Waals surface area contributed by atoms with Crippen molar-refractivity contribution in [2.45, 2.75) is 63.2 Å². The molecule has 27 heavy (non-hydrogen) atoms. The van der Waals surface area contributed by atoms with Crippen LogP contribution in [0.3, 0.4) is 0 Å². The lowest BCUT2D eigenvalue weighted by atomic mass is 9.46. The third kappa shape index (κ3) is 3.27. The fourth-order valence-electron chi connectivity index (χ4n) is 5.50. The highest BCUT2D eigenvalue weighted by molar-refractivity contribution is 5.80. The van der Waals surface area contributed by atoms with E-state index in [9.17, 15) is 0 Å². The number of furan rings is 1. The Morgan fingerprint density at radius 1 is 1.19 bits per heavy atom. The fraction of sp³-hybridized carbons (Fsp3) is 0.762. The van der Waals surface area contributed by atoms with Crippen LogP contribution >= 0.6 is 0 Å². The molecule has 1 aromatic heterocycles. The molecule has 0 aromatic carbocycles. The Balaban J connectivity index is 1.23. The highest BCUT2D eigenvalue weighted by atomic mass is 16.5. The summed E-state index contributed by atoms with van der Waals surface area (Å²) in [5.74, 6) is 2.58. The Labute approximate surface area is 161 Å². The molecule has 4 aliphatic rings. The largest absolute Gasteiger partial charge is 0.469 e. The van der Waals surface area contributed by atoms with Gasteiger partial charge in [0.2, 0.25) is 0 Å². The van der Waals surface area contributed by atoms with Crippen LogP contribution in [0.2, 0.25) is 0 Å². The first-order valence-electron chi connectivity index (χ1n) is 10.7. The van der Waals surface area contributed by atoms with Crippen molar-refractivity contribution in [3.05, 3.63) is 24.2 Å². The number of guanidine groups is 1. The SMILES string of the molecule is c1coc(CCNC(=NCC2CCCO2)NC2C3CCOC3C23CCC3)c1. The molecule has 6 nitrogen and oxygen atoms in total. The number of ether oxygens (including phenoxy) is 2. The van der Waals surface area contributed by atoms with E-state index < -0.39 is 0 Å². The highest BCUT2D eigenvalue weighted by Crippen LogP contribution is 2.62. The van der Waals surface area contributed by atoms with Crippen molar-refractivity contribution < 1.29 is 13.9 Å². The van der Waals surface area contributed by atoms with Gasteiger partial charge in [0.25, 0.3) is 0 Å². The summed E-state index contributed by atoms with van der Waals surface area (Å²) in [6, 6.07) is 4.46. The van der Waals surface area contributed by atoms with Crippen LogP contribution in [-0.2, 0) is 15.9 Å². The summed E-state index contributed by atoms with van der Waals surface area (Å²) < 4.78 is 17.3. The smallest absolute Gasteiger partial charge is 0.191 e. The topological polar surface area (TPSA) is 68.0 Å². The number of fused-ring (bicyclic) bond motifs is 2. The third-order valence-electron chi connectivity index (χ3n) is 7.05. The molecule has 2 aliphatic heterocycles. The summed E-state index contributed by atoms with van der Waals surface area (Å²) in [4.78, 5) is 4.88. The van der Waals surface area contributed by atoms with Crippen LogP contribution in [0.1, 0.15) is 44.3 Å². The van der Waals surface area contributed by atoms with Crippen LogP contribution in [0.25, 0.3) is 0 Å². The van der Waals surface area contributed by atoms with Crippen LogP contribution in [0, 0.1) is 11.3 Å². The molecule has 5 rings (SSSR count). The summed E-state index contributed by atoms with van der Waals surface area (Å²) in [5, 5.41) is 7.32. The molecule has 2 saturated heterocycles. The van der Waals surface area contributed by atoms with Gasteiger partial charge < -0.3 is 24.5 Å². The molecule has 0 amide bonds. The Kier molecular flexibility index (Phi) is 4.86. The average Bonchev–Trinajstić information content (AvgIpc) is 3.37. The molecule has 3 heterocycles. The zero-order valence-electron chi connectivity index (χ0n) is 16.0. The summed E-state index contributed by atoms with van der Waals surface area (Å²) in [6.07, 6.45) is 10.7. The van der Waals surface area contributed by atoms with E-state index in [1.807, 2.05) is 12.1 Å². The second-order valence-electron chi connectivity index (χ2n) is 8.53. The fourth-order valence-corrected chi connectivity index (χ4v) is 5.50. The molecule has 2 aliphatic carbocycles. The van der Waals surface area contributed by atoms with Crippen LogP contribution in [0.4, 0.5) is 0 Å². The van der Waals surface area contributed by atoms with Crippen molar-refractivity contribution in [2.75, 3.05) is 26.3 Å². The number of hydrogen-bond acceptors (Lipinski definition) is 4. The van der Waals surface area contributed by atoms with E-state index in [-0.39, 0.29) is 6.10 Å². The van der Waals surface area contributed by atoms with Crippen LogP contribution < -0.4 is 10.6 Å². The van der Waals surface area contributed by atoms with E-state index in [1.165, 1.54) is 25.7 Å². The van der Waals surface area contributed by atoms with E-state index in [1.54, 1.807) is 6.26 Å². The summed E-state index contributed by atoms with van der Waals surface area (Å²) >= 11 is 0. The lowest BCUT2D eigenvalue weighted by molar-refractivity contribution is -0.171. The molecule has 1 spiro atoms. The van der Waals surface area contributed by atoms with Crippen molar-refractivity contribution >= 4 is 5.96 Å². The Bertz CT molecular complexity index is 650. The quantitative estimate of drug-likeness (QED) is 0.592. The van der Waals surface area contributed by atoms with Gasteiger partial charge in [-0.05, 0) is 44.2 Å². The minimum absolute atomic E-state index is 0.273. The van der Waals surface area contributed by atoms with Gasteiger partial charge in [0.1, 0.15) is 5.76 Å². The molecule has 6 heteroatoms. The lowest BCUT2D eigenvalue weighted by Crippen LogP contribution is -2.72. The van der Waals surface area contributed by atoms with Gasteiger partial charge in [0.15, 0.2) is 5.96 Å². The predicted octanol–water partition coefficient (Wildman–Crippen LogP) is 2.49. The molecule has 4 atom stereocenters. The maximum atomic E-state index is 6.06. The predicted molar refractivity (Wildman–Crippen MR) is 103 cm³/mol. The molecule has 0 bridgehead atoms. The second-order valence-corrected chi connectivity index (χ2v) is 8.53. The number of hydrogen-bond donors (Lipinski definition) is 2. The number of aliphatic imine (C=N–C) groups is 1. The second kappa shape index (κ2) is 7.47. The van der Waals surface area contributed by atoms with Gasteiger partial charge in [-0.1, -0.05) is 6.42 Å². The van der Waals surface area contributed by atoms with Crippen molar-refractivity contribution in [1.29, 1.82) is 0 Å². The van der Waals surface area contributed by atoms with Gasteiger partial charge in [-0.25, -0.2) is 0 Å². The van der Waals surface area contributed by atoms with Crippen molar-refractivity contribution in [2.24, 2.45) is 16.3 Å². The first kappa shape index (κ1) is 17.6. The van der Waals surface area contributed by atoms with E-state index in [2.05, 4.69) is 10.6 Å². The molecule has 0 radical (unpaired) electrons. The van der Waals surface area contributed by atoms with E-state index in [4.69, 9.17) is 18.9 Å². The Morgan fingerprint density at radius 2 is 2.15 bits per heavy atom. The maximum Gasteiger partial charge on any atom is 0.191 e. The van der Waals surface area contributed by atoms with E-state index in [0.29, 0.717) is 23.5 Å². The van der Waals surface area contributed by atoms with Crippen LogP contribution in [-0.4, -0.2) is 50.5 Å². The molecule has 2 saturated carbocycles. The standard InChI is InChI=1S/C21H31N3O3/c1-4-15(25-11-1)6-10-22-20(23-14-16-5-2-12-26-16)24-18-17-7-13-27-19(17)21(18)8-3-9-21/h1,4,11,16-19H,2-3,5-10,12-14H2,(H2,22,23,24). The molecule has 4 unspecified atom stereocenters. The molecule has 2 N–H and O–H groups in total.